The first-order chi connectivity index (χ1) is 14.4. The van der Waals surface area contributed by atoms with Crippen LogP contribution in [0, 0.1) is 0 Å². The summed E-state index contributed by atoms with van der Waals surface area (Å²) in [5.41, 5.74) is 3.95. The van der Waals surface area contributed by atoms with E-state index in [2.05, 4.69) is 65.2 Å². The molecule has 0 unspecified atom stereocenters. The molecule has 29 heavy (non-hydrogen) atoms. The summed E-state index contributed by atoms with van der Waals surface area (Å²) < 4.78 is 11.0. The van der Waals surface area contributed by atoms with E-state index in [1.165, 1.54) is 30.9 Å². The molecule has 0 aliphatic carbocycles. The van der Waals surface area contributed by atoms with Crippen LogP contribution in [0.2, 0.25) is 0 Å². The molecule has 0 N–H and O–H groups in total. The van der Waals surface area contributed by atoms with Crippen LogP contribution in [0.25, 0.3) is 59.1 Å². The molecule has 0 fully saturated rings. The van der Waals surface area contributed by atoms with Crippen molar-refractivity contribution in [1.29, 1.82) is 0 Å². The number of hydrogen-bond donors (Lipinski definition) is 0. The highest BCUT2D eigenvalue weighted by Crippen LogP contribution is 2.42. The molecule has 0 spiro atoms. The highest BCUT2D eigenvalue weighted by atomic mass is 32.1. The summed E-state index contributed by atoms with van der Waals surface area (Å²) in [5, 5.41) is 5.01. The summed E-state index contributed by atoms with van der Waals surface area (Å²) >= 11 is 1.83. The predicted octanol–water partition coefficient (Wildman–Crippen LogP) is 7.29. The van der Waals surface area contributed by atoms with Crippen molar-refractivity contribution >= 4 is 64.4 Å². The van der Waals surface area contributed by atoms with Gasteiger partial charge in [0.1, 0.15) is 5.52 Å². The number of hydrogen-bond acceptors (Lipinski definition) is 3. The Labute approximate surface area is 169 Å². The van der Waals surface area contributed by atoms with E-state index in [1.54, 1.807) is 0 Å². The van der Waals surface area contributed by atoms with Crippen molar-refractivity contribution in [2.45, 2.75) is 0 Å². The third-order valence-corrected chi connectivity index (χ3v) is 6.85. The maximum absolute atomic E-state index is 6.21. The van der Waals surface area contributed by atoms with Crippen LogP contribution < -0.4 is 0 Å². The molecule has 0 amide bonds. The molecule has 0 radical (unpaired) electrons. The van der Waals surface area contributed by atoms with E-state index in [-0.39, 0.29) is 0 Å². The number of rotatable bonds is 1. The average Bonchev–Trinajstić information content (AvgIpc) is 3.44. The maximum atomic E-state index is 6.21. The zero-order valence-electron chi connectivity index (χ0n) is 15.3. The van der Waals surface area contributed by atoms with E-state index in [0.717, 1.165) is 22.1 Å². The van der Waals surface area contributed by atoms with Crippen LogP contribution in [0.15, 0.2) is 89.3 Å². The summed E-state index contributed by atoms with van der Waals surface area (Å²) in [5.74, 6) is 0. The monoisotopic (exact) mass is 390 g/mol. The van der Waals surface area contributed by atoms with Crippen molar-refractivity contribution in [3.05, 3.63) is 84.9 Å². The molecular formula is C25H14N2OS. The zero-order chi connectivity index (χ0) is 18.9. The minimum atomic E-state index is 0.613. The smallest absolute Gasteiger partial charge is 0.307 e. The lowest BCUT2D eigenvalue weighted by atomic mass is 10.1. The minimum absolute atomic E-state index is 0.613. The van der Waals surface area contributed by atoms with Crippen LogP contribution in [0.3, 0.4) is 0 Å². The fourth-order valence-corrected chi connectivity index (χ4v) is 5.63. The van der Waals surface area contributed by atoms with Gasteiger partial charge in [0.15, 0.2) is 5.58 Å². The van der Waals surface area contributed by atoms with Crippen molar-refractivity contribution in [3.63, 3.8) is 0 Å². The van der Waals surface area contributed by atoms with Gasteiger partial charge in [0, 0.05) is 26.2 Å². The first-order valence-electron chi connectivity index (χ1n) is 9.58. The molecule has 0 saturated carbocycles. The molecule has 3 nitrogen and oxygen atoms in total. The number of oxazole rings is 1. The molecule has 7 rings (SSSR count). The van der Waals surface area contributed by atoms with Crippen molar-refractivity contribution in [1.82, 2.24) is 9.55 Å². The Morgan fingerprint density at radius 3 is 2.38 bits per heavy atom. The predicted molar refractivity (Wildman–Crippen MR) is 121 cm³/mol. The van der Waals surface area contributed by atoms with Gasteiger partial charge in [0.2, 0.25) is 0 Å². The molecule has 136 valence electrons. The van der Waals surface area contributed by atoms with Gasteiger partial charge in [0.05, 0.1) is 15.7 Å². The highest BCUT2D eigenvalue weighted by molar-refractivity contribution is 7.26. The second-order valence-electron chi connectivity index (χ2n) is 7.25. The van der Waals surface area contributed by atoms with Crippen LogP contribution in [0.1, 0.15) is 0 Å². The summed E-state index contributed by atoms with van der Waals surface area (Å²) in [6.45, 7) is 0. The Bertz CT molecular complexity index is 1680. The quantitative estimate of drug-likeness (QED) is 0.295. The molecule has 0 saturated heterocycles. The van der Waals surface area contributed by atoms with Gasteiger partial charge in [-0.15, -0.1) is 11.3 Å². The van der Waals surface area contributed by atoms with Gasteiger partial charge in [-0.2, -0.15) is 4.98 Å². The Kier molecular flexibility index (Phi) is 2.88. The normalized spacial score (nSPS) is 12.1. The number of fused-ring (bicyclic) bond motifs is 8. The molecule has 4 aromatic carbocycles. The largest absolute Gasteiger partial charge is 0.423 e. The lowest BCUT2D eigenvalue weighted by Crippen LogP contribution is -1.93. The second-order valence-corrected chi connectivity index (χ2v) is 8.31. The number of thiophene rings is 1. The fourth-order valence-electron chi connectivity index (χ4n) is 4.39. The van der Waals surface area contributed by atoms with E-state index in [9.17, 15) is 0 Å². The third-order valence-electron chi connectivity index (χ3n) is 5.65. The number of aromatic nitrogens is 2. The summed E-state index contributed by atoms with van der Waals surface area (Å²) in [6, 6.07) is 30.1. The average molecular weight is 390 g/mol. The van der Waals surface area contributed by atoms with Crippen molar-refractivity contribution in [2.75, 3.05) is 0 Å². The lowest BCUT2D eigenvalue weighted by Gasteiger charge is -2.02. The van der Waals surface area contributed by atoms with E-state index >= 15 is 0 Å². The van der Waals surface area contributed by atoms with Crippen LogP contribution in [-0.2, 0) is 0 Å². The molecule has 0 bridgehead atoms. The van der Waals surface area contributed by atoms with Crippen molar-refractivity contribution in [2.24, 2.45) is 0 Å². The molecule has 0 aliphatic rings. The lowest BCUT2D eigenvalue weighted by molar-refractivity contribution is 0.575. The van der Waals surface area contributed by atoms with Crippen molar-refractivity contribution in [3.8, 4) is 6.01 Å². The second kappa shape index (κ2) is 5.46. The molecule has 0 aliphatic heterocycles. The first kappa shape index (κ1) is 15.3. The number of para-hydroxylation sites is 3. The highest BCUT2D eigenvalue weighted by Gasteiger charge is 2.20. The maximum Gasteiger partial charge on any atom is 0.307 e. The summed E-state index contributed by atoms with van der Waals surface area (Å²) in [6.07, 6.45) is 0. The topological polar surface area (TPSA) is 31.0 Å². The van der Waals surface area contributed by atoms with E-state index < -0.39 is 0 Å². The standard InChI is InChI=1S/C25H14N2OS/c1-4-10-20-15(7-1)17-13-14-18-16-8-2-6-12-22(16)29-24(18)23(17)27(20)25-26-19-9-3-5-11-21(19)28-25/h1-14H. The van der Waals surface area contributed by atoms with Crippen LogP contribution >= 0.6 is 11.3 Å². The Balaban J connectivity index is 1.74. The third kappa shape index (κ3) is 1.99. The first-order valence-corrected chi connectivity index (χ1v) is 10.4. The van der Waals surface area contributed by atoms with Crippen LogP contribution in [0.5, 0.6) is 0 Å². The molecule has 3 aromatic heterocycles. The summed E-state index contributed by atoms with van der Waals surface area (Å²) in [4.78, 5) is 4.82. The fraction of sp³-hybridized carbons (Fsp3) is 0. The van der Waals surface area contributed by atoms with E-state index in [4.69, 9.17) is 9.40 Å². The number of benzene rings is 4. The van der Waals surface area contributed by atoms with Crippen molar-refractivity contribution < 1.29 is 4.42 Å². The molecule has 4 heteroatoms. The van der Waals surface area contributed by atoms with Gasteiger partial charge >= 0.3 is 6.01 Å². The van der Waals surface area contributed by atoms with Crippen LogP contribution in [0.4, 0.5) is 0 Å². The molecule has 0 atom stereocenters. The molecule has 7 aromatic rings. The number of nitrogens with zero attached hydrogens (tertiary/aromatic N) is 2. The van der Waals surface area contributed by atoms with Gasteiger partial charge in [-0.3, -0.25) is 4.57 Å². The van der Waals surface area contributed by atoms with E-state index in [1.807, 2.05) is 35.6 Å². The van der Waals surface area contributed by atoms with Gasteiger partial charge < -0.3 is 4.42 Å². The van der Waals surface area contributed by atoms with Crippen LogP contribution in [-0.4, -0.2) is 9.55 Å². The Morgan fingerprint density at radius 2 is 1.45 bits per heavy atom. The van der Waals surface area contributed by atoms with Gasteiger partial charge in [0.25, 0.3) is 0 Å². The van der Waals surface area contributed by atoms with Gasteiger partial charge in [-0.05, 0) is 24.3 Å². The zero-order valence-corrected chi connectivity index (χ0v) is 16.1. The Morgan fingerprint density at radius 1 is 0.690 bits per heavy atom. The summed E-state index contributed by atoms with van der Waals surface area (Å²) in [7, 11) is 0. The van der Waals surface area contributed by atoms with Gasteiger partial charge in [-0.25, -0.2) is 0 Å². The minimum Gasteiger partial charge on any atom is -0.423 e. The Hall–Kier alpha value is -3.63. The SMILES string of the molecule is c1ccc2oc(-n3c4ccccc4c4ccc5c6ccccc6sc5c43)nc2c1. The van der Waals surface area contributed by atoms with E-state index in [0.29, 0.717) is 6.01 Å². The molecule has 3 heterocycles. The van der Waals surface area contributed by atoms with Gasteiger partial charge in [-0.1, -0.05) is 60.7 Å². The molecular weight excluding hydrogens is 376 g/mol.